The molecular weight excluding hydrogens is 471 g/mol. The van der Waals surface area contributed by atoms with Crippen LogP contribution in [0.4, 0.5) is 0 Å². The maximum absolute atomic E-state index is 12.8. The van der Waals surface area contributed by atoms with E-state index in [1.54, 1.807) is 18.0 Å². The highest BCUT2D eigenvalue weighted by Gasteiger charge is 2.27. The van der Waals surface area contributed by atoms with Gasteiger partial charge in [-0.25, -0.2) is 12.7 Å². The van der Waals surface area contributed by atoms with Crippen LogP contribution in [0, 0.1) is 0 Å². The van der Waals surface area contributed by atoms with Crippen LogP contribution in [-0.2, 0) is 21.2 Å². The zero-order valence-corrected chi connectivity index (χ0v) is 20.3. The van der Waals surface area contributed by atoms with Crippen LogP contribution in [0.2, 0.25) is 10.0 Å². The highest BCUT2D eigenvalue weighted by molar-refractivity contribution is 7.89. The fourth-order valence-corrected chi connectivity index (χ4v) is 5.55. The number of carbonyl (C=O) groups is 1. The van der Waals surface area contributed by atoms with Gasteiger partial charge in [0.1, 0.15) is 10.7 Å². The first kappa shape index (κ1) is 24.5. The van der Waals surface area contributed by atoms with E-state index in [0.29, 0.717) is 13.0 Å². The van der Waals surface area contributed by atoms with E-state index in [0.717, 1.165) is 34.4 Å². The molecule has 0 aromatic heterocycles. The molecule has 7 nitrogen and oxygen atoms in total. The summed E-state index contributed by atoms with van der Waals surface area (Å²) in [6, 6.07) is 12.6. The highest BCUT2D eigenvalue weighted by atomic mass is 35.5. The molecule has 3 rings (SSSR count). The van der Waals surface area contributed by atoms with Crippen molar-refractivity contribution in [3.05, 3.63) is 63.6 Å². The average Bonchev–Trinajstić information content (AvgIpc) is 3.30. The van der Waals surface area contributed by atoms with Crippen molar-refractivity contribution in [2.45, 2.75) is 17.7 Å². The smallest absolute Gasteiger partial charge is 0.245 e. The summed E-state index contributed by atoms with van der Waals surface area (Å²) in [6.07, 6.45) is 0.754. The molecule has 0 fully saturated rings. The number of likely N-dealkylation sites (N-methyl/N-ethyl adjacent to an activating group) is 1. The topological polar surface area (TPSA) is 82.1 Å². The molecule has 0 spiro atoms. The molecule has 0 saturated carbocycles. The first-order valence-corrected chi connectivity index (χ1v) is 12.4. The summed E-state index contributed by atoms with van der Waals surface area (Å²) in [4.78, 5) is 18.4. The monoisotopic (exact) mass is 496 g/mol. The second-order valence-electron chi connectivity index (χ2n) is 7.55. The van der Waals surface area contributed by atoms with E-state index >= 15 is 0 Å². The third-order valence-electron chi connectivity index (χ3n) is 5.29. The Balaban J connectivity index is 1.51. The van der Waals surface area contributed by atoms with Crippen molar-refractivity contribution in [3.63, 3.8) is 0 Å². The van der Waals surface area contributed by atoms with Crippen molar-refractivity contribution in [1.82, 2.24) is 14.5 Å². The molecule has 1 heterocycles. The molecule has 0 aliphatic carbocycles. The molecule has 172 valence electrons. The second kappa shape index (κ2) is 10.7. The van der Waals surface area contributed by atoms with Crippen molar-refractivity contribution in [3.8, 4) is 0 Å². The number of amides is 1. The number of halogens is 2. The lowest BCUT2D eigenvalue weighted by atomic mass is 10.1. The summed E-state index contributed by atoms with van der Waals surface area (Å²) >= 11 is 12.1. The molecule has 0 bridgehead atoms. The third kappa shape index (κ3) is 5.81. The molecule has 1 N–H and O–H groups in total. The predicted molar refractivity (Wildman–Crippen MR) is 128 cm³/mol. The lowest BCUT2D eigenvalue weighted by Gasteiger charge is -2.21. The fourth-order valence-electron chi connectivity index (χ4n) is 3.29. The minimum atomic E-state index is -3.90. The van der Waals surface area contributed by atoms with Crippen LogP contribution in [0.15, 0.2) is 52.4 Å². The Hall–Kier alpha value is -2.13. The molecule has 0 unspecified atom stereocenters. The van der Waals surface area contributed by atoms with Crippen LogP contribution in [0.1, 0.15) is 17.5 Å². The fraction of sp³-hybridized carbons (Fsp3) is 0.364. The Morgan fingerprint density at radius 2 is 1.72 bits per heavy atom. The molecular formula is C22H26Cl2N4O3S. The Bertz CT molecular complexity index is 1080. The quantitative estimate of drug-likeness (QED) is 0.578. The van der Waals surface area contributed by atoms with Gasteiger partial charge >= 0.3 is 0 Å². The second-order valence-corrected chi connectivity index (χ2v) is 10.3. The van der Waals surface area contributed by atoms with Crippen LogP contribution < -0.4 is 5.32 Å². The van der Waals surface area contributed by atoms with Gasteiger partial charge < -0.3 is 10.2 Å². The molecule has 1 aliphatic heterocycles. The zero-order chi connectivity index (χ0) is 23.3. The minimum Gasteiger partial charge on any atom is -0.368 e. The molecule has 2 aromatic rings. The number of aliphatic imine (C=N–C) groups is 1. The van der Waals surface area contributed by atoms with Crippen molar-refractivity contribution in [1.29, 1.82) is 0 Å². The van der Waals surface area contributed by atoms with E-state index in [1.165, 1.54) is 19.2 Å². The number of benzene rings is 2. The first-order valence-electron chi connectivity index (χ1n) is 10.2. The summed E-state index contributed by atoms with van der Waals surface area (Å²) in [5.74, 6) is 0.777. The van der Waals surface area contributed by atoms with Gasteiger partial charge in [-0.1, -0.05) is 53.5 Å². The molecule has 1 amide bonds. The average molecular weight is 497 g/mol. The molecule has 2 aromatic carbocycles. The molecule has 0 radical (unpaired) electrons. The zero-order valence-electron chi connectivity index (χ0n) is 18.0. The Morgan fingerprint density at radius 1 is 1.06 bits per heavy atom. The number of rotatable bonds is 9. The van der Waals surface area contributed by atoms with E-state index in [1.807, 2.05) is 24.3 Å². The SMILES string of the molecule is CN(CCc1ccc(C2=NCCN2)cc1)C(=O)CCN(C)S(=O)(=O)c1c(Cl)cccc1Cl. The van der Waals surface area contributed by atoms with Gasteiger partial charge in [-0.3, -0.25) is 9.79 Å². The summed E-state index contributed by atoms with van der Waals surface area (Å²) in [5, 5.41) is 3.34. The predicted octanol–water partition coefficient (Wildman–Crippen LogP) is 3.05. The lowest BCUT2D eigenvalue weighted by Crippen LogP contribution is -2.34. The Morgan fingerprint density at radius 3 is 2.31 bits per heavy atom. The van der Waals surface area contributed by atoms with Crippen molar-refractivity contribution in [2.75, 3.05) is 40.3 Å². The van der Waals surface area contributed by atoms with E-state index < -0.39 is 10.0 Å². The summed E-state index contributed by atoms with van der Waals surface area (Å²) < 4.78 is 26.7. The highest BCUT2D eigenvalue weighted by Crippen LogP contribution is 2.31. The lowest BCUT2D eigenvalue weighted by molar-refractivity contribution is -0.129. The number of hydrogen-bond donors (Lipinski definition) is 1. The van der Waals surface area contributed by atoms with Crippen LogP contribution in [-0.4, -0.2) is 69.6 Å². The van der Waals surface area contributed by atoms with Gasteiger partial charge in [-0.2, -0.15) is 0 Å². The molecule has 1 aliphatic rings. The van der Waals surface area contributed by atoms with E-state index in [9.17, 15) is 13.2 Å². The van der Waals surface area contributed by atoms with E-state index in [2.05, 4.69) is 10.3 Å². The summed E-state index contributed by atoms with van der Waals surface area (Å²) in [7, 11) is -0.779. The van der Waals surface area contributed by atoms with E-state index in [-0.39, 0.29) is 33.8 Å². The molecule has 32 heavy (non-hydrogen) atoms. The Labute approximate surface area is 199 Å². The van der Waals surface area contributed by atoms with Crippen LogP contribution >= 0.6 is 23.2 Å². The number of sulfonamides is 1. The number of amidine groups is 1. The largest absolute Gasteiger partial charge is 0.368 e. The standard InChI is InChI=1S/C22H26Cl2N4O3S/c1-27(14-10-16-6-8-17(9-7-16)22-25-12-13-26-22)20(29)11-15-28(2)32(30,31)21-18(23)4-3-5-19(21)24/h3-9H,10-15H2,1-2H3,(H,25,26). The van der Waals surface area contributed by atoms with Gasteiger partial charge in [0.15, 0.2) is 0 Å². The molecule has 0 saturated heterocycles. The first-order chi connectivity index (χ1) is 15.2. The van der Waals surface area contributed by atoms with Crippen molar-refractivity contribution < 1.29 is 13.2 Å². The van der Waals surface area contributed by atoms with Crippen LogP contribution in [0.3, 0.4) is 0 Å². The summed E-state index contributed by atoms with van der Waals surface area (Å²) in [6.45, 7) is 2.22. The maximum Gasteiger partial charge on any atom is 0.245 e. The number of nitrogens with one attached hydrogen (secondary N) is 1. The number of nitrogens with zero attached hydrogens (tertiary/aromatic N) is 3. The van der Waals surface area contributed by atoms with E-state index in [4.69, 9.17) is 23.2 Å². The van der Waals surface area contributed by atoms with Gasteiger partial charge in [0.05, 0.1) is 16.6 Å². The maximum atomic E-state index is 12.8. The van der Waals surface area contributed by atoms with Gasteiger partial charge in [0, 0.05) is 45.7 Å². The number of carbonyl (C=O) groups excluding carboxylic acids is 1. The number of hydrogen-bond acceptors (Lipinski definition) is 5. The van der Waals surface area contributed by atoms with Crippen LogP contribution in [0.25, 0.3) is 0 Å². The molecule has 10 heteroatoms. The van der Waals surface area contributed by atoms with Crippen molar-refractivity contribution in [2.24, 2.45) is 4.99 Å². The van der Waals surface area contributed by atoms with Gasteiger partial charge in [0.2, 0.25) is 15.9 Å². The van der Waals surface area contributed by atoms with Crippen molar-refractivity contribution >= 4 is 45.0 Å². The van der Waals surface area contributed by atoms with Crippen LogP contribution in [0.5, 0.6) is 0 Å². The normalized spacial score (nSPS) is 13.7. The van der Waals surface area contributed by atoms with Gasteiger partial charge in [0.25, 0.3) is 0 Å². The Kier molecular flexibility index (Phi) is 8.16. The minimum absolute atomic E-state index is 0.0247. The molecule has 0 atom stereocenters. The summed E-state index contributed by atoms with van der Waals surface area (Å²) in [5.41, 5.74) is 2.17. The van der Waals surface area contributed by atoms with Gasteiger partial charge in [-0.05, 0) is 24.1 Å². The van der Waals surface area contributed by atoms with Gasteiger partial charge in [-0.15, -0.1) is 0 Å². The third-order valence-corrected chi connectivity index (χ3v) is 8.10.